The second-order valence-electron chi connectivity index (χ2n) is 6.43. The third kappa shape index (κ3) is 4.27. The van der Waals surface area contributed by atoms with Gasteiger partial charge in [0.15, 0.2) is 0 Å². The smallest absolute Gasteiger partial charge is 0.410 e. The normalized spacial score (nSPS) is 21.6. The summed E-state index contributed by atoms with van der Waals surface area (Å²) < 4.78 is 10.4. The summed E-state index contributed by atoms with van der Waals surface area (Å²) in [5, 5.41) is 13.4. The van der Waals surface area contributed by atoms with Crippen LogP contribution in [0.1, 0.15) is 20.8 Å². The maximum absolute atomic E-state index is 12.0. The van der Waals surface area contributed by atoms with E-state index in [0.29, 0.717) is 6.54 Å². The van der Waals surface area contributed by atoms with Crippen LogP contribution in [-0.2, 0) is 4.74 Å². The van der Waals surface area contributed by atoms with Gasteiger partial charge in [0.05, 0.1) is 25.8 Å². The number of nitrogens with one attached hydrogen (secondary N) is 1. The molecule has 6 nitrogen and oxygen atoms in total. The highest BCUT2D eigenvalue weighted by atomic mass is 16.6. The number of hydrogen-bond acceptors (Lipinski definition) is 5. The number of rotatable bonds is 3. The third-order valence-corrected chi connectivity index (χ3v) is 3.38. The molecule has 0 spiro atoms. The van der Waals surface area contributed by atoms with Crippen LogP contribution in [0.4, 0.5) is 10.5 Å². The minimum Gasteiger partial charge on any atom is -0.497 e. The number of ether oxygens (including phenoxy) is 2. The molecular formula is C16H24N2O4. The molecule has 0 saturated carbocycles. The van der Waals surface area contributed by atoms with Gasteiger partial charge in [0.1, 0.15) is 11.4 Å². The molecule has 6 heteroatoms. The second-order valence-corrected chi connectivity index (χ2v) is 6.43. The highest BCUT2D eigenvalue weighted by molar-refractivity contribution is 5.69. The Morgan fingerprint density at radius 1 is 1.27 bits per heavy atom. The standard InChI is InChI=1S/C16H24N2O4/c1-16(2,3)22-15(20)18-9-13(14(19)10-18)17-11-5-7-12(21-4)8-6-11/h5-8,13-14,17,19H,9-10H2,1-4H3/t13-,14-/m1/s1. The molecule has 1 fully saturated rings. The van der Waals surface area contributed by atoms with Crippen LogP contribution in [0.3, 0.4) is 0 Å². The third-order valence-electron chi connectivity index (χ3n) is 3.38. The molecule has 0 bridgehead atoms. The number of benzene rings is 1. The van der Waals surface area contributed by atoms with Gasteiger partial charge in [0, 0.05) is 12.2 Å². The Hall–Kier alpha value is -1.95. The van der Waals surface area contributed by atoms with E-state index in [1.165, 1.54) is 4.90 Å². The summed E-state index contributed by atoms with van der Waals surface area (Å²) in [4.78, 5) is 13.6. The van der Waals surface area contributed by atoms with Gasteiger partial charge < -0.3 is 24.8 Å². The van der Waals surface area contributed by atoms with Crippen molar-refractivity contribution in [2.45, 2.75) is 38.5 Å². The Morgan fingerprint density at radius 2 is 1.91 bits per heavy atom. The zero-order valence-corrected chi connectivity index (χ0v) is 13.5. The number of methoxy groups -OCH3 is 1. The van der Waals surface area contributed by atoms with Crippen molar-refractivity contribution in [3.8, 4) is 5.75 Å². The topological polar surface area (TPSA) is 71.0 Å². The fraction of sp³-hybridized carbons (Fsp3) is 0.562. The van der Waals surface area contributed by atoms with Crippen LogP contribution in [0, 0.1) is 0 Å². The highest BCUT2D eigenvalue weighted by Gasteiger charge is 2.36. The molecule has 1 saturated heterocycles. The highest BCUT2D eigenvalue weighted by Crippen LogP contribution is 2.21. The maximum Gasteiger partial charge on any atom is 0.410 e. The summed E-state index contributed by atoms with van der Waals surface area (Å²) >= 11 is 0. The zero-order valence-electron chi connectivity index (χ0n) is 13.5. The van der Waals surface area contributed by atoms with Crippen molar-refractivity contribution in [1.82, 2.24) is 4.90 Å². The molecule has 0 radical (unpaired) electrons. The number of anilines is 1. The number of amides is 1. The van der Waals surface area contributed by atoms with E-state index in [1.54, 1.807) is 7.11 Å². The number of β-amino-alcohol motifs (C(OH)–C–C–N with tert-alkyl or cyclic N) is 1. The fourth-order valence-corrected chi connectivity index (χ4v) is 2.31. The fourth-order valence-electron chi connectivity index (χ4n) is 2.31. The number of hydrogen-bond donors (Lipinski definition) is 2. The quantitative estimate of drug-likeness (QED) is 0.894. The van der Waals surface area contributed by atoms with E-state index < -0.39 is 17.8 Å². The monoisotopic (exact) mass is 308 g/mol. The number of aliphatic hydroxyl groups excluding tert-OH is 1. The number of likely N-dealkylation sites (tertiary alicyclic amines) is 1. The van der Waals surface area contributed by atoms with Crippen molar-refractivity contribution < 1.29 is 19.4 Å². The van der Waals surface area contributed by atoms with E-state index in [0.717, 1.165) is 11.4 Å². The molecule has 2 atom stereocenters. The van der Waals surface area contributed by atoms with Crippen molar-refractivity contribution in [2.24, 2.45) is 0 Å². The number of aliphatic hydroxyl groups is 1. The van der Waals surface area contributed by atoms with E-state index >= 15 is 0 Å². The Bertz CT molecular complexity index is 510. The lowest BCUT2D eigenvalue weighted by Crippen LogP contribution is -2.36. The molecule has 2 rings (SSSR count). The molecule has 0 aromatic heterocycles. The average molecular weight is 308 g/mol. The van der Waals surface area contributed by atoms with Gasteiger partial charge in [0.25, 0.3) is 0 Å². The summed E-state index contributed by atoms with van der Waals surface area (Å²) in [6.45, 7) is 6.14. The van der Waals surface area contributed by atoms with Crippen LogP contribution in [0.15, 0.2) is 24.3 Å². The second kappa shape index (κ2) is 6.44. The molecule has 1 aromatic carbocycles. The van der Waals surface area contributed by atoms with Gasteiger partial charge >= 0.3 is 6.09 Å². The van der Waals surface area contributed by atoms with Gasteiger partial charge in [-0.3, -0.25) is 0 Å². The summed E-state index contributed by atoms with van der Waals surface area (Å²) in [5.41, 5.74) is 0.333. The van der Waals surface area contributed by atoms with Gasteiger partial charge in [0.2, 0.25) is 0 Å². The molecule has 0 unspecified atom stereocenters. The van der Waals surface area contributed by atoms with Crippen molar-refractivity contribution in [1.29, 1.82) is 0 Å². The first-order valence-electron chi connectivity index (χ1n) is 7.35. The van der Waals surface area contributed by atoms with Crippen LogP contribution in [0.5, 0.6) is 5.75 Å². The van der Waals surface area contributed by atoms with Crippen LogP contribution >= 0.6 is 0 Å². The molecule has 1 heterocycles. The average Bonchev–Trinajstić information content (AvgIpc) is 2.79. The predicted molar refractivity (Wildman–Crippen MR) is 84.2 cm³/mol. The predicted octanol–water partition coefficient (Wildman–Crippen LogP) is 2.09. The van der Waals surface area contributed by atoms with Crippen LogP contribution in [0.2, 0.25) is 0 Å². The Labute approximate surface area is 131 Å². The molecule has 0 aliphatic carbocycles. The summed E-state index contributed by atoms with van der Waals surface area (Å²) in [6, 6.07) is 7.22. The Kier molecular flexibility index (Phi) is 4.81. The maximum atomic E-state index is 12.0. The van der Waals surface area contributed by atoms with Crippen LogP contribution in [0.25, 0.3) is 0 Å². The molecule has 1 aliphatic rings. The number of carbonyl (C=O) groups excluding carboxylic acids is 1. The van der Waals surface area contributed by atoms with Crippen molar-refractivity contribution in [3.05, 3.63) is 24.3 Å². The first-order chi connectivity index (χ1) is 10.3. The van der Waals surface area contributed by atoms with E-state index in [4.69, 9.17) is 9.47 Å². The van der Waals surface area contributed by atoms with Crippen molar-refractivity contribution in [2.75, 3.05) is 25.5 Å². The number of nitrogens with zero attached hydrogens (tertiary/aromatic N) is 1. The Balaban J connectivity index is 1.94. The van der Waals surface area contributed by atoms with Gasteiger partial charge in [-0.05, 0) is 45.0 Å². The first kappa shape index (κ1) is 16.4. The van der Waals surface area contributed by atoms with Crippen molar-refractivity contribution >= 4 is 11.8 Å². The first-order valence-corrected chi connectivity index (χ1v) is 7.35. The van der Waals surface area contributed by atoms with E-state index in [1.807, 2.05) is 45.0 Å². The molecule has 1 amide bonds. The Morgan fingerprint density at radius 3 is 2.45 bits per heavy atom. The summed E-state index contributed by atoms with van der Waals surface area (Å²) in [6.07, 6.45) is -1.03. The van der Waals surface area contributed by atoms with Gasteiger partial charge in [-0.1, -0.05) is 0 Å². The van der Waals surface area contributed by atoms with Crippen molar-refractivity contribution in [3.63, 3.8) is 0 Å². The van der Waals surface area contributed by atoms with Crippen LogP contribution in [-0.4, -0.2) is 54.0 Å². The molecule has 1 aliphatic heterocycles. The lowest BCUT2D eigenvalue weighted by Gasteiger charge is -2.24. The summed E-state index contributed by atoms with van der Waals surface area (Å²) in [5.74, 6) is 0.771. The zero-order chi connectivity index (χ0) is 16.3. The van der Waals surface area contributed by atoms with Gasteiger partial charge in [-0.2, -0.15) is 0 Å². The van der Waals surface area contributed by atoms with Crippen LogP contribution < -0.4 is 10.1 Å². The van der Waals surface area contributed by atoms with E-state index in [-0.39, 0.29) is 12.6 Å². The van der Waals surface area contributed by atoms with Gasteiger partial charge in [-0.25, -0.2) is 4.79 Å². The molecular weight excluding hydrogens is 284 g/mol. The number of carbonyl (C=O) groups is 1. The summed E-state index contributed by atoms with van der Waals surface area (Å²) in [7, 11) is 1.61. The largest absolute Gasteiger partial charge is 0.497 e. The molecule has 122 valence electrons. The molecule has 22 heavy (non-hydrogen) atoms. The lowest BCUT2D eigenvalue weighted by atomic mass is 10.2. The SMILES string of the molecule is COc1ccc(N[C@@H]2CN(C(=O)OC(C)(C)C)C[C@H]2O)cc1. The van der Waals surface area contributed by atoms with E-state index in [9.17, 15) is 9.90 Å². The minimum atomic E-state index is -0.630. The minimum absolute atomic E-state index is 0.221. The lowest BCUT2D eigenvalue weighted by molar-refractivity contribution is 0.0270. The molecule has 2 N–H and O–H groups in total. The van der Waals surface area contributed by atoms with Gasteiger partial charge in [-0.15, -0.1) is 0 Å². The van der Waals surface area contributed by atoms with E-state index in [2.05, 4.69) is 5.32 Å². The molecule has 1 aromatic rings.